The first-order valence-corrected chi connectivity index (χ1v) is 30.1. The van der Waals surface area contributed by atoms with Gasteiger partial charge in [0.1, 0.15) is 0 Å². The monoisotopic (exact) mass is 944 g/mol. The van der Waals surface area contributed by atoms with Crippen LogP contribution in [0, 0.1) is 0 Å². The first-order chi connectivity index (χ1) is 33.0. The van der Waals surface area contributed by atoms with E-state index in [0.717, 1.165) is 44.9 Å². The molecule has 0 heterocycles. The van der Waals surface area contributed by atoms with Gasteiger partial charge in [-0.05, 0) is 70.6 Å². The lowest BCUT2D eigenvalue weighted by atomic mass is 10.0. The van der Waals surface area contributed by atoms with Crippen molar-refractivity contribution in [2.24, 2.45) is 0 Å². The summed E-state index contributed by atoms with van der Waals surface area (Å²) in [5, 5.41) is 23.1. The van der Waals surface area contributed by atoms with Gasteiger partial charge in [-0.25, -0.2) is 0 Å². The van der Waals surface area contributed by atoms with E-state index in [1.165, 1.54) is 250 Å². The van der Waals surface area contributed by atoms with Crippen molar-refractivity contribution in [2.75, 3.05) is 13.2 Å². The van der Waals surface area contributed by atoms with Crippen LogP contribution in [-0.2, 0) is 14.3 Å². The normalized spacial score (nSPS) is 12.7. The number of hydrogen-bond acceptors (Lipinski definition) is 5. The molecule has 0 rings (SSSR count). The maximum atomic E-state index is 12.4. The van der Waals surface area contributed by atoms with E-state index in [1.54, 1.807) is 0 Å². The van der Waals surface area contributed by atoms with Crippen molar-refractivity contribution in [3.63, 3.8) is 0 Å². The van der Waals surface area contributed by atoms with Gasteiger partial charge in [0.25, 0.3) is 0 Å². The van der Waals surface area contributed by atoms with Crippen LogP contribution in [-0.4, -0.2) is 47.4 Å². The van der Waals surface area contributed by atoms with Crippen molar-refractivity contribution in [1.82, 2.24) is 5.32 Å². The number of rotatable bonds is 56. The first kappa shape index (κ1) is 65.3. The van der Waals surface area contributed by atoms with Crippen molar-refractivity contribution in [1.29, 1.82) is 0 Å². The second kappa shape index (κ2) is 56.9. The molecule has 0 saturated carbocycles. The molecule has 2 atom stereocenters. The number of aliphatic hydroxyl groups excluding tert-OH is 2. The lowest BCUT2D eigenvalue weighted by Crippen LogP contribution is -2.45. The van der Waals surface area contributed by atoms with Gasteiger partial charge in [-0.2, -0.15) is 0 Å². The van der Waals surface area contributed by atoms with Crippen LogP contribution in [0.4, 0.5) is 0 Å². The molecule has 0 aliphatic heterocycles. The molecule has 0 aliphatic rings. The molecule has 0 radical (unpaired) electrons. The average molecular weight is 945 g/mol. The van der Waals surface area contributed by atoms with Crippen molar-refractivity contribution in [3.8, 4) is 0 Å². The molecule has 0 aromatic carbocycles. The molecule has 0 spiro atoms. The molecule has 0 aromatic rings. The fourth-order valence-corrected chi connectivity index (χ4v) is 9.32. The fourth-order valence-electron chi connectivity index (χ4n) is 9.32. The Balaban J connectivity index is 3.34. The molecule has 2 unspecified atom stereocenters. The van der Waals surface area contributed by atoms with Gasteiger partial charge in [-0.15, -0.1) is 0 Å². The summed E-state index contributed by atoms with van der Waals surface area (Å²) in [6.45, 7) is 4.90. The third-order valence-electron chi connectivity index (χ3n) is 14.0. The third-order valence-corrected chi connectivity index (χ3v) is 14.0. The van der Waals surface area contributed by atoms with E-state index in [1.807, 2.05) is 0 Å². The summed E-state index contributed by atoms with van der Waals surface area (Å²) in [7, 11) is 0. The second-order valence-electron chi connectivity index (χ2n) is 20.7. The number of carbonyl (C=O) groups is 2. The van der Waals surface area contributed by atoms with Crippen molar-refractivity contribution in [2.45, 2.75) is 341 Å². The Morgan fingerprint density at radius 1 is 0.403 bits per heavy atom. The van der Waals surface area contributed by atoms with Gasteiger partial charge in [-0.1, -0.05) is 269 Å². The predicted molar refractivity (Wildman–Crippen MR) is 292 cm³/mol. The highest BCUT2D eigenvalue weighted by atomic mass is 16.5. The topological polar surface area (TPSA) is 95.9 Å². The lowest BCUT2D eigenvalue weighted by Gasteiger charge is -2.22. The summed E-state index contributed by atoms with van der Waals surface area (Å²) in [6, 6.07) is -0.537. The van der Waals surface area contributed by atoms with Gasteiger partial charge in [0.2, 0.25) is 5.91 Å². The minimum Gasteiger partial charge on any atom is -0.466 e. The van der Waals surface area contributed by atoms with Crippen LogP contribution in [0.1, 0.15) is 328 Å². The summed E-state index contributed by atoms with van der Waals surface area (Å²) < 4.78 is 5.46. The molecular weight excluding hydrogens is 827 g/mol. The molecule has 3 N–H and O–H groups in total. The molecule has 67 heavy (non-hydrogen) atoms. The summed E-state index contributed by atoms with van der Waals surface area (Å²) in [6.07, 6.45) is 69.2. The molecule has 1 amide bonds. The Bertz CT molecular complexity index is 1040. The smallest absolute Gasteiger partial charge is 0.305 e. The molecule has 0 fully saturated rings. The Labute approximate surface area is 418 Å². The average Bonchev–Trinajstić information content (AvgIpc) is 3.33. The number of carbonyl (C=O) groups excluding carboxylic acids is 2. The van der Waals surface area contributed by atoms with E-state index >= 15 is 0 Å². The largest absolute Gasteiger partial charge is 0.466 e. The third kappa shape index (κ3) is 53.5. The van der Waals surface area contributed by atoms with E-state index in [2.05, 4.69) is 43.5 Å². The van der Waals surface area contributed by atoms with E-state index in [0.29, 0.717) is 25.9 Å². The fraction of sp³-hybridized carbons (Fsp3) is 0.902. The zero-order chi connectivity index (χ0) is 48.6. The molecule has 0 bridgehead atoms. The highest BCUT2D eigenvalue weighted by Crippen LogP contribution is 2.17. The lowest BCUT2D eigenvalue weighted by molar-refractivity contribution is -0.143. The number of esters is 1. The SMILES string of the molecule is CCCC/C=C\CCCCCCCC(=O)OCCCCCCCCCCCCCC/C=C\CCCCCCCCCCCCCCCCC(=O)NC(CO)C(O)CCCCCCCCCCC. The van der Waals surface area contributed by atoms with Crippen molar-refractivity contribution in [3.05, 3.63) is 24.3 Å². The van der Waals surface area contributed by atoms with Crippen LogP contribution >= 0.6 is 0 Å². The van der Waals surface area contributed by atoms with Gasteiger partial charge in [0, 0.05) is 12.8 Å². The molecule has 0 saturated heterocycles. The molecule has 0 aromatic heterocycles. The van der Waals surface area contributed by atoms with Crippen LogP contribution in [0.25, 0.3) is 0 Å². The zero-order valence-electron chi connectivity index (χ0n) is 45.1. The molecule has 6 nitrogen and oxygen atoms in total. The predicted octanol–water partition coefficient (Wildman–Crippen LogP) is 18.6. The maximum absolute atomic E-state index is 12.4. The highest BCUT2D eigenvalue weighted by molar-refractivity contribution is 5.76. The van der Waals surface area contributed by atoms with Gasteiger partial charge < -0.3 is 20.3 Å². The quantitative estimate of drug-likeness (QED) is 0.0321. The number of nitrogens with one attached hydrogen (secondary N) is 1. The Morgan fingerprint density at radius 3 is 1.10 bits per heavy atom. The Hall–Kier alpha value is -1.66. The minimum absolute atomic E-state index is 0.00588. The minimum atomic E-state index is -0.660. The van der Waals surface area contributed by atoms with Gasteiger partial charge in [0.15, 0.2) is 0 Å². The number of aliphatic hydroxyl groups is 2. The maximum Gasteiger partial charge on any atom is 0.305 e. The van der Waals surface area contributed by atoms with Crippen LogP contribution in [0.3, 0.4) is 0 Å². The number of hydrogen-bond donors (Lipinski definition) is 3. The van der Waals surface area contributed by atoms with E-state index in [9.17, 15) is 19.8 Å². The van der Waals surface area contributed by atoms with E-state index < -0.39 is 12.1 Å². The van der Waals surface area contributed by atoms with Gasteiger partial charge in [-0.3, -0.25) is 9.59 Å². The zero-order valence-corrected chi connectivity index (χ0v) is 45.1. The summed E-state index contributed by atoms with van der Waals surface area (Å²) >= 11 is 0. The van der Waals surface area contributed by atoms with Gasteiger partial charge >= 0.3 is 5.97 Å². The number of amides is 1. The second-order valence-corrected chi connectivity index (χ2v) is 20.7. The Kier molecular flexibility index (Phi) is 55.5. The molecular formula is C61H117NO5. The Morgan fingerprint density at radius 2 is 0.716 bits per heavy atom. The van der Waals surface area contributed by atoms with Crippen LogP contribution in [0.5, 0.6) is 0 Å². The number of ether oxygens (including phenoxy) is 1. The summed E-state index contributed by atoms with van der Waals surface area (Å²) in [5.41, 5.74) is 0. The van der Waals surface area contributed by atoms with Crippen LogP contribution < -0.4 is 5.32 Å². The van der Waals surface area contributed by atoms with Crippen molar-refractivity contribution >= 4 is 11.9 Å². The highest BCUT2D eigenvalue weighted by Gasteiger charge is 2.20. The first-order valence-electron chi connectivity index (χ1n) is 30.1. The van der Waals surface area contributed by atoms with E-state index in [-0.39, 0.29) is 18.5 Å². The molecule has 0 aliphatic carbocycles. The number of unbranched alkanes of at least 4 members (excludes halogenated alkanes) is 41. The van der Waals surface area contributed by atoms with Crippen LogP contribution in [0.15, 0.2) is 24.3 Å². The number of allylic oxidation sites excluding steroid dienone is 4. The summed E-state index contributed by atoms with van der Waals surface area (Å²) in [4.78, 5) is 24.4. The standard InChI is InChI=1S/C61H117NO5/c1-3-5-7-9-11-13-34-39-43-47-51-55-61(66)67-56-52-48-44-40-36-33-31-29-27-25-23-21-19-17-15-14-16-18-20-22-24-26-28-30-32-35-38-42-46-50-54-60(65)62-58(57-63)59(64)53-49-45-41-37-12-10-8-6-4-2/h9,11,15,17,58-59,63-64H,3-8,10,12-14,16,18-57H2,1-2H3,(H,62,65)/b11-9-,17-15-. The molecule has 6 heteroatoms. The summed E-state index contributed by atoms with van der Waals surface area (Å²) in [5.74, 6) is -0.0292. The van der Waals surface area contributed by atoms with Gasteiger partial charge in [0.05, 0.1) is 25.4 Å². The van der Waals surface area contributed by atoms with E-state index in [4.69, 9.17) is 4.74 Å². The molecule has 396 valence electrons. The van der Waals surface area contributed by atoms with Crippen LogP contribution in [0.2, 0.25) is 0 Å². The van der Waals surface area contributed by atoms with Crippen molar-refractivity contribution < 1.29 is 24.5 Å².